The molecule has 390 valence electrons. The fourth-order valence-corrected chi connectivity index (χ4v) is 17.3. The van der Waals surface area contributed by atoms with E-state index in [2.05, 4.69) is 300 Å². The van der Waals surface area contributed by atoms with Crippen molar-refractivity contribution >= 4 is 188 Å². The Kier molecular flexibility index (Phi) is 11.3. The highest BCUT2D eigenvalue weighted by Gasteiger charge is 2.26. The van der Waals surface area contributed by atoms with Gasteiger partial charge < -0.3 is 14.7 Å². The SMILES string of the molecule is c1ccc(N(c2ccc(-c3cc4c5cc(N(c6ccccc6)c6ccc7c(c6)sc6ccccc67)cc(N(c6ccccc6)c6ccc7c(c6)sc6ccccc67)c5sc4c4ccccc34)cc2)c2ccc3sc4ccccc4c3c2)cc1. The van der Waals surface area contributed by atoms with E-state index < -0.39 is 0 Å². The molecule has 0 aliphatic heterocycles. The van der Waals surface area contributed by atoms with Crippen molar-refractivity contribution in [3.05, 3.63) is 285 Å². The molecule has 17 rings (SSSR count). The summed E-state index contributed by atoms with van der Waals surface area (Å²) in [7, 11) is 0. The number of thiophene rings is 4. The van der Waals surface area contributed by atoms with E-state index >= 15 is 0 Å². The molecule has 0 fully saturated rings. The maximum Gasteiger partial charge on any atom is 0.0661 e. The second kappa shape index (κ2) is 19.6. The van der Waals surface area contributed by atoms with Crippen LogP contribution in [0.1, 0.15) is 0 Å². The van der Waals surface area contributed by atoms with Crippen molar-refractivity contribution in [2.24, 2.45) is 0 Å². The zero-order valence-electron chi connectivity index (χ0n) is 44.6. The predicted octanol–water partition coefficient (Wildman–Crippen LogP) is 24.4. The third-order valence-electron chi connectivity index (χ3n) is 16.4. The summed E-state index contributed by atoms with van der Waals surface area (Å²) < 4.78 is 10.2. The van der Waals surface area contributed by atoms with E-state index in [4.69, 9.17) is 0 Å². The maximum absolute atomic E-state index is 2.50. The Balaban J connectivity index is 0.895. The molecule has 0 radical (unpaired) electrons. The minimum absolute atomic E-state index is 1.08. The molecule has 0 aliphatic carbocycles. The summed E-state index contributed by atoms with van der Waals surface area (Å²) in [4.78, 5) is 7.36. The van der Waals surface area contributed by atoms with Crippen molar-refractivity contribution in [1.29, 1.82) is 0 Å². The van der Waals surface area contributed by atoms with Gasteiger partial charge in [-0.25, -0.2) is 0 Å². The molecule has 3 nitrogen and oxygen atoms in total. The van der Waals surface area contributed by atoms with Crippen LogP contribution in [0.15, 0.2) is 285 Å². The largest absolute Gasteiger partial charge is 0.310 e. The fraction of sp³-hybridized carbons (Fsp3) is 0. The van der Waals surface area contributed by atoms with E-state index in [-0.39, 0.29) is 0 Å². The normalized spacial score (nSPS) is 11.9. The first kappa shape index (κ1) is 48.1. The number of anilines is 9. The van der Waals surface area contributed by atoms with E-state index in [0.29, 0.717) is 0 Å². The zero-order chi connectivity index (χ0) is 54.5. The Hall–Kier alpha value is -9.60. The highest BCUT2D eigenvalue weighted by molar-refractivity contribution is 7.27. The molecule has 0 saturated carbocycles. The number of hydrogen-bond acceptors (Lipinski definition) is 7. The third-order valence-corrected chi connectivity index (χ3v) is 21.1. The first-order valence-electron chi connectivity index (χ1n) is 28.0. The van der Waals surface area contributed by atoms with E-state index in [9.17, 15) is 0 Å². The van der Waals surface area contributed by atoms with Crippen LogP contribution in [0.25, 0.3) is 103 Å². The second-order valence-electron chi connectivity index (χ2n) is 21.2. The lowest BCUT2D eigenvalue weighted by molar-refractivity contribution is 1.27. The Bertz CT molecular complexity index is 5350. The van der Waals surface area contributed by atoms with Crippen molar-refractivity contribution in [2.75, 3.05) is 14.7 Å². The van der Waals surface area contributed by atoms with Gasteiger partial charge in [-0.05, 0) is 144 Å². The van der Waals surface area contributed by atoms with Gasteiger partial charge in [-0.3, -0.25) is 0 Å². The number of benzene rings is 13. The van der Waals surface area contributed by atoms with Gasteiger partial charge in [0, 0.05) is 127 Å². The van der Waals surface area contributed by atoms with Crippen LogP contribution in [-0.2, 0) is 0 Å². The summed E-state index contributed by atoms with van der Waals surface area (Å²) in [5.41, 5.74) is 12.3. The topological polar surface area (TPSA) is 9.72 Å². The summed E-state index contributed by atoms with van der Waals surface area (Å²) >= 11 is 7.49. The number of fused-ring (bicyclic) bond motifs is 14. The molecule has 0 bridgehead atoms. The summed E-state index contributed by atoms with van der Waals surface area (Å²) in [5, 5.41) is 12.6. The molecular formula is C76H47N3S4. The van der Waals surface area contributed by atoms with Crippen molar-refractivity contribution in [3.63, 3.8) is 0 Å². The van der Waals surface area contributed by atoms with Crippen molar-refractivity contribution in [1.82, 2.24) is 0 Å². The van der Waals surface area contributed by atoms with Gasteiger partial charge in [-0.2, -0.15) is 0 Å². The molecule has 0 spiro atoms. The Morgan fingerprint density at radius 3 is 1.17 bits per heavy atom. The van der Waals surface area contributed by atoms with Crippen LogP contribution in [-0.4, -0.2) is 0 Å². The molecular weight excluding hydrogens is 1080 g/mol. The van der Waals surface area contributed by atoms with Crippen LogP contribution in [0.2, 0.25) is 0 Å². The lowest BCUT2D eigenvalue weighted by Gasteiger charge is -2.30. The second-order valence-corrected chi connectivity index (χ2v) is 25.5. The Labute approximate surface area is 495 Å². The van der Waals surface area contributed by atoms with E-state index in [0.717, 1.165) is 51.2 Å². The van der Waals surface area contributed by atoms with Gasteiger partial charge >= 0.3 is 0 Å². The van der Waals surface area contributed by atoms with Gasteiger partial charge in [-0.1, -0.05) is 158 Å². The van der Waals surface area contributed by atoms with Gasteiger partial charge in [0.15, 0.2) is 0 Å². The Morgan fingerprint density at radius 1 is 0.193 bits per heavy atom. The summed E-state index contributed by atoms with van der Waals surface area (Å²) in [5.74, 6) is 0. The lowest BCUT2D eigenvalue weighted by atomic mass is 9.95. The minimum Gasteiger partial charge on any atom is -0.310 e. The summed E-state index contributed by atoms with van der Waals surface area (Å²) in [6.07, 6.45) is 0. The molecule has 0 unspecified atom stereocenters. The average molecular weight is 1130 g/mol. The number of nitrogens with zero attached hydrogens (tertiary/aromatic N) is 3. The quantitative estimate of drug-likeness (QED) is 0.135. The molecule has 4 aromatic heterocycles. The molecule has 0 saturated heterocycles. The van der Waals surface area contributed by atoms with Crippen LogP contribution in [0, 0.1) is 0 Å². The van der Waals surface area contributed by atoms with Crippen LogP contribution >= 0.6 is 45.3 Å². The number of para-hydroxylation sites is 3. The fourth-order valence-electron chi connectivity index (χ4n) is 12.6. The summed E-state index contributed by atoms with van der Waals surface area (Å²) in [6.45, 7) is 0. The number of rotatable bonds is 10. The smallest absolute Gasteiger partial charge is 0.0661 e. The number of hydrogen-bond donors (Lipinski definition) is 0. The molecule has 0 amide bonds. The molecule has 0 N–H and O–H groups in total. The third kappa shape index (κ3) is 8.03. The maximum atomic E-state index is 2.50. The van der Waals surface area contributed by atoms with E-state index in [1.165, 1.54) is 103 Å². The highest BCUT2D eigenvalue weighted by Crippen LogP contribution is 2.53. The van der Waals surface area contributed by atoms with Crippen LogP contribution in [0.3, 0.4) is 0 Å². The van der Waals surface area contributed by atoms with E-state index in [1.807, 2.05) is 45.3 Å². The van der Waals surface area contributed by atoms with Crippen molar-refractivity contribution in [2.45, 2.75) is 0 Å². The van der Waals surface area contributed by atoms with Crippen LogP contribution < -0.4 is 14.7 Å². The van der Waals surface area contributed by atoms with Gasteiger partial charge in [0.2, 0.25) is 0 Å². The monoisotopic (exact) mass is 1130 g/mol. The van der Waals surface area contributed by atoms with Crippen molar-refractivity contribution < 1.29 is 0 Å². The molecule has 4 heterocycles. The molecule has 7 heteroatoms. The zero-order valence-corrected chi connectivity index (χ0v) is 47.9. The minimum atomic E-state index is 1.08. The van der Waals surface area contributed by atoms with Crippen LogP contribution in [0.4, 0.5) is 51.2 Å². The van der Waals surface area contributed by atoms with Gasteiger partial charge in [0.25, 0.3) is 0 Å². The lowest BCUT2D eigenvalue weighted by Crippen LogP contribution is -2.13. The highest BCUT2D eigenvalue weighted by atomic mass is 32.1. The predicted molar refractivity (Wildman–Crippen MR) is 365 cm³/mol. The first-order chi connectivity index (χ1) is 41.1. The standard InChI is InChI=1S/C76H47N3S4/c1-4-18-49(19-5-1)77(53-38-41-72-65(42-53)60-27-14-17-31-71(60)80-72)52-34-32-48(33-35-52)64-47-67-66-43-56(78(50-20-6-2-7-21-50)54-36-39-61-58-25-12-15-29-69(58)81-73(61)45-54)44-68(76(66)83-75(67)63-28-11-10-24-57(63)64)79(51-22-8-3-9-23-51)55-37-40-62-59-26-13-16-30-70(59)82-74(62)46-55/h1-47H. The van der Waals surface area contributed by atoms with Gasteiger partial charge in [-0.15, -0.1) is 45.3 Å². The molecule has 83 heavy (non-hydrogen) atoms. The summed E-state index contributed by atoms with van der Waals surface area (Å²) in [6, 6.07) is 106. The Morgan fingerprint density at radius 2 is 0.578 bits per heavy atom. The molecule has 17 aromatic rings. The van der Waals surface area contributed by atoms with Gasteiger partial charge in [0.05, 0.1) is 10.4 Å². The average Bonchev–Trinajstić information content (AvgIpc) is 4.32. The molecule has 13 aromatic carbocycles. The van der Waals surface area contributed by atoms with E-state index in [1.54, 1.807) is 0 Å². The molecule has 0 atom stereocenters. The molecule has 0 aliphatic rings. The van der Waals surface area contributed by atoms with Crippen molar-refractivity contribution in [3.8, 4) is 11.1 Å². The first-order valence-corrected chi connectivity index (χ1v) is 31.2. The van der Waals surface area contributed by atoms with Crippen LogP contribution in [0.5, 0.6) is 0 Å². The van der Waals surface area contributed by atoms with Gasteiger partial charge in [0.1, 0.15) is 0 Å².